The zero-order valence-electron chi connectivity index (χ0n) is 10.2. The summed E-state index contributed by atoms with van der Waals surface area (Å²) in [6, 6.07) is 6.95. The first-order chi connectivity index (χ1) is 9.15. The van der Waals surface area contributed by atoms with Crippen molar-refractivity contribution in [1.29, 1.82) is 0 Å². The molecule has 5 nitrogen and oxygen atoms in total. The number of aliphatic hydroxyl groups excluding tert-OH is 1. The van der Waals surface area contributed by atoms with Crippen LogP contribution in [0.5, 0.6) is 5.75 Å². The molecule has 0 saturated heterocycles. The number of hydrogen-bond donors (Lipinski definition) is 1. The molecule has 6 heteroatoms. The summed E-state index contributed by atoms with van der Waals surface area (Å²) < 4.78 is 11.0. The maximum Gasteiger partial charge on any atom is 0.356 e. The molecule has 0 atom stereocenters. The zero-order chi connectivity index (χ0) is 13.8. The average molecular weight is 326 g/mol. The minimum atomic E-state index is -0.529. The summed E-state index contributed by atoms with van der Waals surface area (Å²) in [5.41, 5.74) is 0.796. The third-order valence-corrected chi connectivity index (χ3v) is 2.97. The van der Waals surface area contributed by atoms with Crippen molar-refractivity contribution in [3.63, 3.8) is 0 Å². The van der Waals surface area contributed by atoms with Crippen molar-refractivity contribution in [3.05, 3.63) is 34.4 Å². The van der Waals surface area contributed by atoms with Gasteiger partial charge < -0.3 is 14.6 Å². The van der Waals surface area contributed by atoms with Gasteiger partial charge in [-0.2, -0.15) is 0 Å². The van der Waals surface area contributed by atoms with Gasteiger partial charge in [-0.3, -0.25) is 0 Å². The Kier molecular flexibility index (Phi) is 4.34. The number of hydrogen-bond acceptors (Lipinski definition) is 5. The lowest BCUT2D eigenvalue weighted by Crippen LogP contribution is -2.07. The first kappa shape index (κ1) is 13.8. The maximum atomic E-state index is 11.6. The number of benzene rings is 1. The van der Waals surface area contributed by atoms with Gasteiger partial charge in [0.15, 0.2) is 5.69 Å². The second-order valence-electron chi connectivity index (χ2n) is 3.73. The van der Waals surface area contributed by atoms with Crippen LogP contribution < -0.4 is 4.74 Å². The first-order valence-corrected chi connectivity index (χ1v) is 6.37. The number of fused-ring (bicyclic) bond motifs is 1. The first-order valence-electron chi connectivity index (χ1n) is 5.58. The van der Waals surface area contributed by atoms with Crippen LogP contribution in [-0.2, 0) is 4.74 Å². The van der Waals surface area contributed by atoms with E-state index in [1.54, 1.807) is 6.07 Å². The second kappa shape index (κ2) is 5.99. The van der Waals surface area contributed by atoms with Crippen LogP contribution in [0.25, 0.3) is 10.9 Å². The molecule has 1 aromatic heterocycles. The summed E-state index contributed by atoms with van der Waals surface area (Å²) in [7, 11) is 1.30. The van der Waals surface area contributed by atoms with Gasteiger partial charge in [-0.15, -0.1) is 0 Å². The molecular weight excluding hydrogens is 314 g/mol. The van der Waals surface area contributed by atoms with Crippen LogP contribution in [0, 0.1) is 0 Å². The number of rotatable bonds is 4. The molecule has 1 N–H and O–H groups in total. The fourth-order valence-electron chi connectivity index (χ4n) is 1.65. The highest BCUT2D eigenvalue weighted by Gasteiger charge is 2.13. The summed E-state index contributed by atoms with van der Waals surface area (Å²) in [4.78, 5) is 15.8. The largest absolute Gasteiger partial charge is 0.490 e. The lowest BCUT2D eigenvalue weighted by molar-refractivity contribution is 0.0594. The van der Waals surface area contributed by atoms with Crippen molar-refractivity contribution in [1.82, 2.24) is 4.98 Å². The van der Waals surface area contributed by atoms with Crippen molar-refractivity contribution in [3.8, 4) is 5.75 Å². The van der Waals surface area contributed by atoms with Crippen LogP contribution in [0.15, 0.2) is 28.7 Å². The van der Waals surface area contributed by atoms with Gasteiger partial charge in [0.1, 0.15) is 12.4 Å². The van der Waals surface area contributed by atoms with Crippen LogP contribution in [-0.4, -0.2) is 36.4 Å². The second-order valence-corrected chi connectivity index (χ2v) is 4.65. The third kappa shape index (κ3) is 3.02. The van der Waals surface area contributed by atoms with Crippen molar-refractivity contribution in [2.24, 2.45) is 0 Å². The summed E-state index contributed by atoms with van der Waals surface area (Å²) >= 11 is 3.37. The quantitative estimate of drug-likeness (QED) is 0.872. The summed E-state index contributed by atoms with van der Waals surface area (Å²) in [5.74, 6) is -0.0422. The Morgan fingerprint density at radius 2 is 2.21 bits per heavy atom. The van der Waals surface area contributed by atoms with Gasteiger partial charge in [0, 0.05) is 15.9 Å². The molecule has 1 heterocycles. The Hall–Kier alpha value is -1.66. The predicted molar refractivity (Wildman–Crippen MR) is 73.4 cm³/mol. The maximum absolute atomic E-state index is 11.6. The van der Waals surface area contributed by atoms with E-state index in [2.05, 4.69) is 25.7 Å². The number of halogens is 1. The van der Waals surface area contributed by atoms with Gasteiger partial charge in [0.05, 0.1) is 19.2 Å². The molecule has 0 aliphatic heterocycles. The highest BCUT2D eigenvalue weighted by molar-refractivity contribution is 9.10. The molecule has 0 amide bonds. The molecule has 2 aromatic rings. The van der Waals surface area contributed by atoms with Crippen molar-refractivity contribution in [2.75, 3.05) is 20.3 Å². The number of pyridine rings is 1. The molecule has 2 rings (SSSR count). The molecule has 0 spiro atoms. The molecule has 100 valence electrons. The topological polar surface area (TPSA) is 68.7 Å². The van der Waals surface area contributed by atoms with E-state index in [0.717, 1.165) is 9.86 Å². The molecule has 0 saturated carbocycles. The van der Waals surface area contributed by atoms with E-state index < -0.39 is 5.97 Å². The van der Waals surface area contributed by atoms with E-state index in [9.17, 15) is 4.79 Å². The Morgan fingerprint density at radius 1 is 1.42 bits per heavy atom. The molecule has 0 fully saturated rings. The number of methoxy groups -OCH3 is 1. The molecule has 0 radical (unpaired) electrons. The van der Waals surface area contributed by atoms with Crippen molar-refractivity contribution >= 4 is 32.8 Å². The summed E-state index contributed by atoms with van der Waals surface area (Å²) in [6.45, 7) is 0.0393. The minimum Gasteiger partial charge on any atom is -0.490 e. The van der Waals surface area contributed by atoms with Gasteiger partial charge in [0.2, 0.25) is 0 Å². The van der Waals surface area contributed by atoms with E-state index in [1.807, 2.05) is 12.1 Å². The van der Waals surface area contributed by atoms with Crippen LogP contribution >= 0.6 is 15.9 Å². The molecular formula is C13H12BrNO4. The summed E-state index contributed by atoms with van der Waals surface area (Å²) in [5, 5.41) is 9.60. The number of carbonyl (C=O) groups is 1. The van der Waals surface area contributed by atoms with Gasteiger partial charge >= 0.3 is 5.97 Å². The van der Waals surface area contributed by atoms with Crippen LogP contribution in [0.3, 0.4) is 0 Å². The smallest absolute Gasteiger partial charge is 0.356 e. The van der Waals surface area contributed by atoms with Gasteiger partial charge in [-0.25, -0.2) is 9.78 Å². The molecule has 0 aliphatic carbocycles. The molecule has 19 heavy (non-hydrogen) atoms. The highest BCUT2D eigenvalue weighted by atomic mass is 79.9. The van der Waals surface area contributed by atoms with Gasteiger partial charge in [0.25, 0.3) is 0 Å². The fourth-order valence-corrected chi connectivity index (χ4v) is 2.01. The predicted octanol–water partition coefficient (Wildman–Crippen LogP) is 2.16. The van der Waals surface area contributed by atoms with E-state index in [-0.39, 0.29) is 18.9 Å². The standard InChI is InChI=1S/C13H12BrNO4/c1-18-13(17)11-7-12(19-5-4-16)9-6-8(14)2-3-10(9)15-11/h2-3,6-7,16H,4-5H2,1H3. The number of ether oxygens (including phenoxy) is 2. The Bertz CT molecular complexity index is 615. The Balaban J connectivity index is 2.58. The third-order valence-electron chi connectivity index (χ3n) is 2.48. The molecule has 1 aromatic carbocycles. The van der Waals surface area contributed by atoms with Gasteiger partial charge in [-0.1, -0.05) is 15.9 Å². The summed E-state index contributed by atoms with van der Waals surface area (Å²) in [6.07, 6.45) is 0. The Labute approximate surface area is 118 Å². The van der Waals surface area contributed by atoms with Crippen molar-refractivity contribution in [2.45, 2.75) is 0 Å². The normalized spacial score (nSPS) is 10.5. The lowest BCUT2D eigenvalue weighted by Gasteiger charge is -2.10. The van der Waals surface area contributed by atoms with Crippen LogP contribution in [0.1, 0.15) is 10.5 Å². The molecule has 0 bridgehead atoms. The fraction of sp³-hybridized carbons (Fsp3) is 0.231. The lowest BCUT2D eigenvalue weighted by atomic mass is 10.2. The van der Waals surface area contributed by atoms with Gasteiger partial charge in [-0.05, 0) is 18.2 Å². The van der Waals surface area contributed by atoms with E-state index in [0.29, 0.717) is 11.3 Å². The number of nitrogens with zero attached hydrogens (tertiary/aromatic N) is 1. The number of carbonyl (C=O) groups excluding carboxylic acids is 1. The van der Waals surface area contributed by atoms with Crippen molar-refractivity contribution < 1.29 is 19.4 Å². The average Bonchev–Trinajstić information content (AvgIpc) is 2.43. The van der Waals surface area contributed by atoms with E-state index >= 15 is 0 Å². The van der Waals surface area contributed by atoms with E-state index in [1.165, 1.54) is 13.2 Å². The molecule has 0 aliphatic rings. The minimum absolute atomic E-state index is 0.106. The highest BCUT2D eigenvalue weighted by Crippen LogP contribution is 2.28. The van der Waals surface area contributed by atoms with Crippen LogP contribution in [0.2, 0.25) is 0 Å². The molecule has 0 unspecified atom stereocenters. The van der Waals surface area contributed by atoms with Crippen LogP contribution in [0.4, 0.5) is 0 Å². The van der Waals surface area contributed by atoms with E-state index in [4.69, 9.17) is 9.84 Å². The number of aromatic nitrogens is 1. The SMILES string of the molecule is COC(=O)c1cc(OCCO)c2cc(Br)ccc2n1. The Morgan fingerprint density at radius 3 is 2.89 bits per heavy atom. The zero-order valence-corrected chi connectivity index (χ0v) is 11.8. The monoisotopic (exact) mass is 325 g/mol. The number of esters is 1. The number of aliphatic hydroxyl groups is 1.